The molecule has 0 atom stereocenters. The lowest BCUT2D eigenvalue weighted by atomic mass is 10.0. The first-order valence-corrected chi connectivity index (χ1v) is 11.9. The van der Waals surface area contributed by atoms with Crippen LogP contribution in [0, 0.1) is 5.92 Å². The molecule has 0 radical (unpaired) electrons. The number of nitrogens with one attached hydrogen (secondary N) is 2. The number of piperidine rings is 1. The van der Waals surface area contributed by atoms with Gasteiger partial charge < -0.3 is 0 Å². The first kappa shape index (κ1) is 21.9. The maximum Gasteiger partial charge on any atom is 0.288 e. The molecule has 0 spiro atoms. The molecule has 0 aliphatic carbocycles. The van der Waals surface area contributed by atoms with Gasteiger partial charge in [0, 0.05) is 24.0 Å². The largest absolute Gasteiger partial charge is 0.288 e. The van der Waals surface area contributed by atoms with Gasteiger partial charge in [-0.2, -0.15) is 4.31 Å². The number of nitrogens with zero attached hydrogens (tertiary/aromatic N) is 2. The van der Waals surface area contributed by atoms with Crippen molar-refractivity contribution in [2.24, 2.45) is 5.92 Å². The van der Waals surface area contributed by atoms with E-state index >= 15 is 0 Å². The van der Waals surface area contributed by atoms with Gasteiger partial charge >= 0.3 is 0 Å². The lowest BCUT2D eigenvalue weighted by Crippen LogP contribution is -2.42. The van der Waals surface area contributed by atoms with Gasteiger partial charge in [0.1, 0.15) is 5.69 Å². The van der Waals surface area contributed by atoms with Crippen molar-refractivity contribution in [1.82, 2.24) is 20.1 Å². The predicted octanol–water partition coefficient (Wildman–Crippen LogP) is 2.73. The van der Waals surface area contributed by atoms with Crippen LogP contribution < -0.4 is 10.9 Å². The lowest BCUT2D eigenvalue weighted by Gasteiger charge is -2.29. The predicted molar refractivity (Wildman–Crippen MR) is 120 cm³/mol. The second-order valence-electron chi connectivity index (χ2n) is 7.91. The average Bonchev–Trinajstić information content (AvgIpc) is 2.82. The van der Waals surface area contributed by atoms with E-state index in [0.717, 1.165) is 18.2 Å². The Kier molecular flexibility index (Phi) is 6.20. The first-order chi connectivity index (χ1) is 15.3. The quantitative estimate of drug-likeness (QED) is 0.592. The summed E-state index contributed by atoms with van der Waals surface area (Å²) in [6, 6.07) is 16.4. The molecular formula is C23H24N4O4S. The van der Waals surface area contributed by atoms with Gasteiger partial charge in [0.2, 0.25) is 10.0 Å². The number of hydrogen-bond donors (Lipinski definition) is 2. The Morgan fingerprint density at radius 2 is 1.56 bits per heavy atom. The Balaban J connectivity index is 1.38. The number of carbonyl (C=O) groups excluding carboxylic acids is 2. The molecule has 1 aliphatic heterocycles. The second kappa shape index (κ2) is 9.05. The van der Waals surface area contributed by atoms with Crippen LogP contribution in [0.4, 0.5) is 0 Å². The molecule has 32 heavy (non-hydrogen) atoms. The number of pyridine rings is 1. The van der Waals surface area contributed by atoms with Crippen LogP contribution in [0.3, 0.4) is 0 Å². The van der Waals surface area contributed by atoms with Crippen LogP contribution in [0.2, 0.25) is 0 Å². The molecule has 2 heterocycles. The van der Waals surface area contributed by atoms with Gasteiger partial charge in [-0.1, -0.05) is 31.2 Å². The fraction of sp³-hybridized carbons (Fsp3) is 0.261. The van der Waals surface area contributed by atoms with E-state index in [-0.39, 0.29) is 16.2 Å². The van der Waals surface area contributed by atoms with E-state index in [2.05, 4.69) is 22.8 Å². The lowest BCUT2D eigenvalue weighted by molar-refractivity contribution is 0.0844. The Bertz CT molecular complexity index is 1250. The minimum absolute atomic E-state index is 0.146. The average molecular weight is 453 g/mol. The summed E-state index contributed by atoms with van der Waals surface area (Å²) in [5.41, 5.74) is 5.73. The van der Waals surface area contributed by atoms with Crippen molar-refractivity contribution >= 4 is 32.7 Å². The molecule has 1 aliphatic rings. The zero-order valence-corrected chi connectivity index (χ0v) is 18.4. The molecule has 1 saturated heterocycles. The highest BCUT2D eigenvalue weighted by Gasteiger charge is 2.28. The van der Waals surface area contributed by atoms with Crippen molar-refractivity contribution in [3.8, 4) is 0 Å². The minimum atomic E-state index is -3.58. The highest BCUT2D eigenvalue weighted by molar-refractivity contribution is 7.89. The van der Waals surface area contributed by atoms with Gasteiger partial charge in [-0.3, -0.25) is 20.4 Å². The van der Waals surface area contributed by atoms with E-state index < -0.39 is 21.8 Å². The topological polar surface area (TPSA) is 108 Å². The molecule has 2 amide bonds. The summed E-state index contributed by atoms with van der Waals surface area (Å²) in [6.45, 7) is 3.12. The molecule has 0 unspecified atom stereocenters. The maximum atomic E-state index is 12.8. The number of amides is 2. The van der Waals surface area contributed by atoms with Gasteiger partial charge in [-0.15, -0.1) is 0 Å². The number of rotatable bonds is 4. The zero-order chi connectivity index (χ0) is 22.7. The zero-order valence-electron chi connectivity index (χ0n) is 17.6. The van der Waals surface area contributed by atoms with Gasteiger partial charge in [-0.25, -0.2) is 13.4 Å². The summed E-state index contributed by atoms with van der Waals surface area (Å²) in [5, 5.41) is 0.905. The van der Waals surface area contributed by atoms with Gasteiger partial charge in [0.05, 0.1) is 10.4 Å². The fourth-order valence-electron chi connectivity index (χ4n) is 3.59. The highest BCUT2D eigenvalue weighted by Crippen LogP contribution is 2.23. The molecule has 2 aromatic carbocycles. The van der Waals surface area contributed by atoms with E-state index in [0.29, 0.717) is 24.5 Å². The number of para-hydroxylation sites is 1. The Morgan fingerprint density at radius 1 is 0.906 bits per heavy atom. The van der Waals surface area contributed by atoms with E-state index in [1.807, 2.05) is 18.2 Å². The van der Waals surface area contributed by atoms with E-state index in [1.54, 1.807) is 18.2 Å². The molecule has 8 nitrogen and oxygen atoms in total. The van der Waals surface area contributed by atoms with Crippen LogP contribution in [0.5, 0.6) is 0 Å². The summed E-state index contributed by atoms with van der Waals surface area (Å²) < 4.78 is 27.1. The monoisotopic (exact) mass is 452 g/mol. The number of hydrogen-bond acceptors (Lipinski definition) is 5. The standard InChI is InChI=1S/C23H24N4O4S/c1-16-12-14-27(15-13-16)32(30,31)19-9-6-18(7-10-19)22(28)25-26-23(29)21-11-8-17-4-2-3-5-20(17)24-21/h2-11,16H,12-15H2,1H3,(H,25,28)(H,26,29). The normalized spacial score (nSPS) is 15.4. The number of benzene rings is 2. The molecule has 1 fully saturated rings. The van der Waals surface area contributed by atoms with E-state index in [4.69, 9.17) is 0 Å². The van der Waals surface area contributed by atoms with Crippen LogP contribution in [-0.4, -0.2) is 42.6 Å². The summed E-state index contributed by atoms with van der Waals surface area (Å²) in [7, 11) is -3.58. The molecule has 9 heteroatoms. The molecule has 4 rings (SSSR count). The SMILES string of the molecule is CC1CCN(S(=O)(=O)c2ccc(C(=O)NNC(=O)c3ccc4ccccc4n3)cc2)CC1. The summed E-state index contributed by atoms with van der Waals surface area (Å²) in [5.74, 6) is -0.593. The van der Waals surface area contributed by atoms with Crippen LogP contribution in [-0.2, 0) is 10.0 Å². The maximum absolute atomic E-state index is 12.8. The molecule has 0 saturated carbocycles. The van der Waals surface area contributed by atoms with Crippen LogP contribution in [0.25, 0.3) is 10.9 Å². The van der Waals surface area contributed by atoms with E-state index in [9.17, 15) is 18.0 Å². The fourth-order valence-corrected chi connectivity index (χ4v) is 5.06. The number of carbonyl (C=O) groups is 2. The number of hydrazine groups is 1. The number of sulfonamides is 1. The molecular weight excluding hydrogens is 428 g/mol. The Labute approximate surface area is 186 Å². The van der Waals surface area contributed by atoms with Crippen molar-refractivity contribution in [3.63, 3.8) is 0 Å². The van der Waals surface area contributed by atoms with Crippen molar-refractivity contribution < 1.29 is 18.0 Å². The molecule has 1 aromatic heterocycles. The Hall–Kier alpha value is -3.30. The Morgan fingerprint density at radius 3 is 2.28 bits per heavy atom. The van der Waals surface area contributed by atoms with Crippen molar-refractivity contribution in [1.29, 1.82) is 0 Å². The van der Waals surface area contributed by atoms with Crippen molar-refractivity contribution in [3.05, 3.63) is 71.9 Å². The minimum Gasteiger partial charge on any atom is -0.267 e. The van der Waals surface area contributed by atoms with Crippen LogP contribution in [0.1, 0.15) is 40.6 Å². The summed E-state index contributed by atoms with van der Waals surface area (Å²) >= 11 is 0. The number of fused-ring (bicyclic) bond motifs is 1. The van der Waals surface area contributed by atoms with Crippen LogP contribution in [0.15, 0.2) is 65.6 Å². The summed E-state index contributed by atoms with van der Waals surface area (Å²) in [4.78, 5) is 29.1. The molecule has 3 aromatic rings. The van der Waals surface area contributed by atoms with Crippen molar-refractivity contribution in [2.45, 2.75) is 24.7 Å². The van der Waals surface area contributed by atoms with Gasteiger partial charge in [0.15, 0.2) is 0 Å². The summed E-state index contributed by atoms with van der Waals surface area (Å²) in [6.07, 6.45) is 1.68. The molecule has 2 N–H and O–H groups in total. The van der Waals surface area contributed by atoms with Crippen molar-refractivity contribution in [2.75, 3.05) is 13.1 Å². The van der Waals surface area contributed by atoms with Gasteiger partial charge in [0.25, 0.3) is 11.8 Å². The van der Waals surface area contributed by atoms with Gasteiger partial charge in [-0.05, 0) is 55.2 Å². The second-order valence-corrected chi connectivity index (χ2v) is 9.85. The van der Waals surface area contributed by atoms with E-state index in [1.165, 1.54) is 28.6 Å². The third-order valence-corrected chi connectivity index (χ3v) is 7.53. The highest BCUT2D eigenvalue weighted by atomic mass is 32.2. The third-order valence-electron chi connectivity index (χ3n) is 5.62. The smallest absolute Gasteiger partial charge is 0.267 e. The van der Waals surface area contributed by atoms with Crippen LogP contribution >= 0.6 is 0 Å². The third kappa shape index (κ3) is 4.63. The number of aromatic nitrogens is 1. The first-order valence-electron chi connectivity index (χ1n) is 10.4. The molecule has 0 bridgehead atoms. The molecule has 166 valence electrons.